The molecule has 0 bridgehead atoms. The lowest BCUT2D eigenvalue weighted by Crippen LogP contribution is -2.40. The molecule has 0 atom stereocenters. The van der Waals surface area contributed by atoms with Crippen molar-refractivity contribution in [3.63, 3.8) is 0 Å². The Morgan fingerprint density at radius 3 is 2.34 bits per heavy atom. The number of amides is 1. The highest BCUT2D eigenvalue weighted by molar-refractivity contribution is 9.10. The summed E-state index contributed by atoms with van der Waals surface area (Å²) >= 11 is 9.37. The Hall–Kier alpha value is -2.52. The summed E-state index contributed by atoms with van der Waals surface area (Å²) in [6.45, 7) is -0.227. The summed E-state index contributed by atoms with van der Waals surface area (Å²) in [6, 6.07) is 22.8. The summed E-state index contributed by atoms with van der Waals surface area (Å²) in [5, 5.41) is 4.40. The van der Waals surface area contributed by atoms with Crippen LogP contribution < -0.4 is 5.43 Å². The second-order valence-corrected chi connectivity index (χ2v) is 10.1. The van der Waals surface area contributed by atoms with Crippen molar-refractivity contribution in [3.8, 4) is 0 Å². The molecule has 166 valence electrons. The van der Waals surface area contributed by atoms with Crippen LogP contribution in [-0.2, 0) is 21.2 Å². The van der Waals surface area contributed by atoms with Crippen molar-refractivity contribution in [1.29, 1.82) is 0 Å². The molecule has 0 unspecified atom stereocenters. The largest absolute Gasteiger partial charge is 0.272 e. The predicted molar refractivity (Wildman–Crippen MR) is 130 cm³/mol. The maximum absolute atomic E-state index is 13.2. The molecule has 6 nitrogen and oxygen atoms in total. The van der Waals surface area contributed by atoms with Crippen molar-refractivity contribution in [1.82, 2.24) is 9.73 Å². The number of benzene rings is 3. The zero-order chi connectivity index (χ0) is 23.0. The standard InChI is InChI=1S/C23H21BrClN3O3S/c24-20-10-12-21(13-11-20)32(30,31)28(15-14-18-6-2-1-3-7-18)17-23(29)27-26-16-19-8-4-5-9-22(19)25/h1-13,16H,14-15,17H2,(H,27,29)/b26-16-. The van der Waals surface area contributed by atoms with Crippen molar-refractivity contribution in [2.24, 2.45) is 5.10 Å². The van der Waals surface area contributed by atoms with E-state index in [4.69, 9.17) is 11.6 Å². The van der Waals surface area contributed by atoms with Gasteiger partial charge in [-0.1, -0.05) is 76.1 Å². The summed E-state index contributed by atoms with van der Waals surface area (Å²) < 4.78 is 28.3. The quantitative estimate of drug-likeness (QED) is 0.325. The molecule has 0 saturated carbocycles. The molecule has 1 amide bonds. The lowest BCUT2D eigenvalue weighted by atomic mass is 10.1. The molecule has 32 heavy (non-hydrogen) atoms. The Balaban J connectivity index is 1.74. The number of hydrazone groups is 1. The normalized spacial score (nSPS) is 11.7. The first-order valence-electron chi connectivity index (χ1n) is 9.72. The highest BCUT2D eigenvalue weighted by Gasteiger charge is 2.26. The van der Waals surface area contributed by atoms with Crippen LogP contribution in [0.15, 0.2) is 93.3 Å². The average molecular weight is 535 g/mol. The van der Waals surface area contributed by atoms with Crippen LogP contribution in [0.3, 0.4) is 0 Å². The molecule has 0 aliphatic heterocycles. The molecule has 3 aromatic rings. The molecule has 1 N–H and O–H groups in total. The Bertz CT molecular complexity index is 1190. The summed E-state index contributed by atoms with van der Waals surface area (Å²) in [6.07, 6.45) is 1.88. The molecule has 0 heterocycles. The summed E-state index contributed by atoms with van der Waals surface area (Å²) in [5.74, 6) is -0.554. The van der Waals surface area contributed by atoms with Gasteiger partial charge in [-0.25, -0.2) is 13.8 Å². The lowest BCUT2D eigenvalue weighted by Gasteiger charge is -2.21. The van der Waals surface area contributed by atoms with Gasteiger partial charge in [-0.3, -0.25) is 4.79 Å². The Morgan fingerprint density at radius 1 is 1.00 bits per heavy atom. The fourth-order valence-electron chi connectivity index (χ4n) is 2.89. The first kappa shape index (κ1) is 24.1. The molecule has 3 aromatic carbocycles. The van der Waals surface area contributed by atoms with Crippen LogP contribution >= 0.6 is 27.5 Å². The van der Waals surface area contributed by atoms with Crippen molar-refractivity contribution in [2.45, 2.75) is 11.3 Å². The van der Waals surface area contributed by atoms with Crippen molar-refractivity contribution >= 4 is 49.7 Å². The number of carbonyl (C=O) groups is 1. The predicted octanol–water partition coefficient (Wildman–Crippen LogP) is 4.49. The van der Waals surface area contributed by atoms with E-state index in [0.29, 0.717) is 17.0 Å². The lowest BCUT2D eigenvalue weighted by molar-refractivity contribution is -0.121. The van der Waals surface area contributed by atoms with Gasteiger partial charge in [0.1, 0.15) is 0 Å². The van der Waals surface area contributed by atoms with Crippen LogP contribution in [0.1, 0.15) is 11.1 Å². The highest BCUT2D eigenvalue weighted by atomic mass is 79.9. The summed E-state index contributed by atoms with van der Waals surface area (Å²) in [5.41, 5.74) is 3.99. The number of hydrogen-bond donors (Lipinski definition) is 1. The van der Waals surface area contributed by atoms with Crippen LogP contribution in [0, 0.1) is 0 Å². The van der Waals surface area contributed by atoms with Crippen molar-refractivity contribution in [2.75, 3.05) is 13.1 Å². The summed E-state index contributed by atoms with van der Waals surface area (Å²) in [7, 11) is -3.89. The third-order valence-electron chi connectivity index (χ3n) is 4.56. The monoisotopic (exact) mass is 533 g/mol. The van der Waals surface area contributed by atoms with Gasteiger partial charge in [0.2, 0.25) is 10.0 Å². The third kappa shape index (κ3) is 6.74. The Kier molecular flexibility index (Phi) is 8.58. The molecular weight excluding hydrogens is 514 g/mol. The average Bonchev–Trinajstić information content (AvgIpc) is 2.79. The molecular formula is C23H21BrClN3O3S. The minimum atomic E-state index is -3.89. The fraction of sp³-hybridized carbons (Fsp3) is 0.130. The molecule has 3 rings (SSSR count). The van der Waals surface area contributed by atoms with Crippen LogP contribution in [-0.4, -0.2) is 37.9 Å². The highest BCUT2D eigenvalue weighted by Crippen LogP contribution is 2.19. The van der Waals surface area contributed by atoms with E-state index in [2.05, 4.69) is 26.5 Å². The van der Waals surface area contributed by atoms with Gasteiger partial charge < -0.3 is 0 Å². The first-order valence-corrected chi connectivity index (χ1v) is 12.3. The van der Waals surface area contributed by atoms with E-state index in [9.17, 15) is 13.2 Å². The van der Waals surface area contributed by atoms with E-state index in [0.717, 1.165) is 14.3 Å². The molecule has 0 spiro atoms. The smallest absolute Gasteiger partial charge is 0.255 e. The van der Waals surface area contributed by atoms with Gasteiger partial charge in [0.25, 0.3) is 5.91 Å². The number of hydrogen-bond acceptors (Lipinski definition) is 4. The molecule has 0 aliphatic carbocycles. The van der Waals surface area contributed by atoms with Gasteiger partial charge in [-0.05, 0) is 42.3 Å². The number of nitrogens with one attached hydrogen (secondary N) is 1. The van der Waals surface area contributed by atoms with Crippen molar-refractivity contribution < 1.29 is 13.2 Å². The van der Waals surface area contributed by atoms with Gasteiger partial charge in [0.15, 0.2) is 0 Å². The van der Waals surface area contributed by atoms with E-state index >= 15 is 0 Å². The summed E-state index contributed by atoms with van der Waals surface area (Å²) in [4.78, 5) is 12.6. The van der Waals surface area contributed by atoms with Crippen LogP contribution in [0.2, 0.25) is 5.02 Å². The number of nitrogens with zero attached hydrogens (tertiary/aromatic N) is 2. The minimum absolute atomic E-state index is 0.112. The van der Waals surface area contributed by atoms with Crippen LogP contribution in [0.25, 0.3) is 0 Å². The number of sulfonamides is 1. The molecule has 0 aromatic heterocycles. The van der Waals surface area contributed by atoms with Crippen LogP contribution in [0.5, 0.6) is 0 Å². The Labute approximate surface area is 201 Å². The van der Waals surface area contributed by atoms with Gasteiger partial charge in [-0.2, -0.15) is 9.41 Å². The van der Waals surface area contributed by atoms with Crippen molar-refractivity contribution in [3.05, 3.63) is 99.5 Å². The fourth-order valence-corrected chi connectivity index (χ4v) is 4.73. The van der Waals surface area contributed by atoms with Gasteiger partial charge >= 0.3 is 0 Å². The molecule has 0 aliphatic rings. The van der Waals surface area contributed by atoms with E-state index in [-0.39, 0.29) is 18.0 Å². The number of carbonyl (C=O) groups excluding carboxylic acids is 1. The molecule has 0 fully saturated rings. The Morgan fingerprint density at radius 2 is 1.66 bits per heavy atom. The zero-order valence-electron chi connectivity index (χ0n) is 17.0. The van der Waals surface area contributed by atoms with E-state index < -0.39 is 15.9 Å². The minimum Gasteiger partial charge on any atom is -0.272 e. The van der Waals surface area contributed by atoms with E-state index in [1.165, 1.54) is 18.3 Å². The zero-order valence-corrected chi connectivity index (χ0v) is 20.1. The van der Waals surface area contributed by atoms with E-state index in [1.54, 1.807) is 36.4 Å². The SMILES string of the molecule is O=C(CN(CCc1ccccc1)S(=O)(=O)c1ccc(Br)cc1)N/N=C\c1ccccc1Cl. The topological polar surface area (TPSA) is 78.8 Å². The second kappa shape index (κ2) is 11.4. The van der Waals surface area contributed by atoms with Crippen LogP contribution in [0.4, 0.5) is 0 Å². The van der Waals surface area contributed by atoms with Gasteiger partial charge in [0.05, 0.1) is 17.7 Å². The van der Waals surface area contributed by atoms with Gasteiger partial charge in [0, 0.05) is 21.6 Å². The number of rotatable bonds is 9. The number of halogens is 2. The molecule has 0 saturated heterocycles. The third-order valence-corrected chi connectivity index (χ3v) is 7.29. The van der Waals surface area contributed by atoms with Gasteiger partial charge in [-0.15, -0.1) is 0 Å². The molecule has 0 radical (unpaired) electrons. The molecule has 9 heteroatoms. The van der Waals surface area contributed by atoms with E-state index in [1.807, 2.05) is 30.3 Å². The maximum atomic E-state index is 13.2. The second-order valence-electron chi connectivity index (χ2n) is 6.84. The maximum Gasteiger partial charge on any atom is 0.255 e. The first-order chi connectivity index (χ1) is 15.4.